The number of nitrogens with one attached hydrogen (secondary N) is 2. The molecule has 0 radical (unpaired) electrons. The maximum atomic E-state index is 11.2. The Morgan fingerprint density at radius 2 is 2.12 bits per heavy atom. The number of hydroxylamine groups is 1. The third-order valence-electron chi connectivity index (χ3n) is 4.31. The highest BCUT2D eigenvalue weighted by atomic mass is 32.2. The Labute approximate surface area is 157 Å². The van der Waals surface area contributed by atoms with E-state index in [-0.39, 0.29) is 0 Å². The van der Waals surface area contributed by atoms with Crippen LogP contribution in [0.25, 0.3) is 6.08 Å². The first kappa shape index (κ1) is 18.5. The Hall–Kier alpha value is -2.29. The van der Waals surface area contributed by atoms with Crippen LogP contribution in [0.2, 0.25) is 0 Å². The number of aromatic nitrogens is 2. The van der Waals surface area contributed by atoms with E-state index in [1.54, 1.807) is 29.8 Å². The average Bonchev–Trinajstić information content (AvgIpc) is 3.10. The lowest BCUT2D eigenvalue weighted by molar-refractivity contribution is -0.124. The number of carbonyl (C=O) groups is 1. The van der Waals surface area contributed by atoms with E-state index < -0.39 is 5.91 Å². The van der Waals surface area contributed by atoms with Gasteiger partial charge < -0.3 is 9.47 Å². The van der Waals surface area contributed by atoms with Gasteiger partial charge in [-0.05, 0) is 42.5 Å². The Balaban J connectivity index is 1.56. The maximum absolute atomic E-state index is 11.2. The zero-order valence-corrected chi connectivity index (χ0v) is 15.4. The molecular weight excluding hydrogens is 350 g/mol. The van der Waals surface area contributed by atoms with Gasteiger partial charge in [-0.25, -0.2) is 10.5 Å². The van der Waals surface area contributed by atoms with Crippen molar-refractivity contribution >= 4 is 29.6 Å². The van der Waals surface area contributed by atoms with Crippen LogP contribution in [0.5, 0.6) is 0 Å². The fraction of sp³-hybridized carbons (Fsp3) is 0.333. The molecule has 0 unspecified atom stereocenters. The van der Waals surface area contributed by atoms with Gasteiger partial charge in [-0.2, -0.15) is 0 Å². The molecule has 26 heavy (non-hydrogen) atoms. The number of anilines is 1. The number of aryl methyl sites for hydroxylation is 1. The van der Waals surface area contributed by atoms with E-state index in [1.807, 2.05) is 36.0 Å². The number of carbonyl (C=O) groups excluding carboxylic acids is 1. The van der Waals surface area contributed by atoms with E-state index in [0.29, 0.717) is 6.04 Å². The van der Waals surface area contributed by atoms with Crippen LogP contribution < -0.4 is 15.1 Å². The highest BCUT2D eigenvalue weighted by Gasteiger charge is 2.20. The van der Waals surface area contributed by atoms with Crippen LogP contribution in [0.15, 0.2) is 47.9 Å². The van der Waals surface area contributed by atoms with Crippen LogP contribution in [-0.2, 0) is 11.8 Å². The first-order valence-corrected chi connectivity index (χ1v) is 9.34. The second-order valence-electron chi connectivity index (χ2n) is 6.23. The molecule has 7 nitrogen and oxygen atoms in total. The van der Waals surface area contributed by atoms with Crippen LogP contribution in [0.3, 0.4) is 0 Å². The monoisotopic (exact) mass is 373 g/mol. The molecule has 2 aromatic rings. The number of piperidine rings is 1. The summed E-state index contributed by atoms with van der Waals surface area (Å²) in [5.41, 5.74) is 3.68. The van der Waals surface area contributed by atoms with E-state index in [4.69, 9.17) is 5.21 Å². The Morgan fingerprint density at radius 3 is 2.81 bits per heavy atom. The molecule has 1 aromatic heterocycles. The Morgan fingerprint density at radius 1 is 1.35 bits per heavy atom. The maximum Gasteiger partial charge on any atom is 0.267 e. The predicted molar refractivity (Wildman–Crippen MR) is 103 cm³/mol. The zero-order valence-electron chi connectivity index (χ0n) is 14.6. The minimum atomic E-state index is -0.533. The molecule has 1 aliphatic rings. The second-order valence-corrected chi connectivity index (χ2v) is 7.08. The molecule has 0 spiro atoms. The number of amides is 1. The van der Waals surface area contributed by atoms with Gasteiger partial charge in [0.15, 0.2) is 0 Å². The standard InChI is InChI=1S/C18H23N5O2S/c1-22-12-18(19-13-22)26-21-15-8-10-23(11-9-15)16-5-3-2-4-14(16)6-7-17(24)20-25/h2-7,12-13,15,21,25H,8-11H2,1H3,(H,20,24)/b7-6+. The minimum Gasteiger partial charge on any atom is -0.371 e. The number of hydrogen-bond donors (Lipinski definition) is 3. The van der Waals surface area contributed by atoms with Crippen molar-refractivity contribution in [2.24, 2.45) is 7.05 Å². The molecule has 3 N–H and O–H groups in total. The Kier molecular flexibility index (Phi) is 6.32. The lowest BCUT2D eigenvalue weighted by atomic mass is 10.0. The average molecular weight is 373 g/mol. The van der Waals surface area contributed by atoms with Gasteiger partial charge in [0.1, 0.15) is 5.03 Å². The third kappa shape index (κ3) is 4.87. The van der Waals surface area contributed by atoms with Gasteiger partial charge in [-0.15, -0.1) is 0 Å². The van der Waals surface area contributed by atoms with Crippen LogP contribution in [0, 0.1) is 0 Å². The summed E-state index contributed by atoms with van der Waals surface area (Å²) in [6, 6.07) is 8.42. The second kappa shape index (κ2) is 8.88. The van der Waals surface area contributed by atoms with Gasteiger partial charge >= 0.3 is 0 Å². The molecular formula is C18H23N5O2S. The van der Waals surface area contributed by atoms with E-state index in [1.165, 1.54) is 6.08 Å². The van der Waals surface area contributed by atoms with Gasteiger partial charge in [0.2, 0.25) is 0 Å². The largest absolute Gasteiger partial charge is 0.371 e. The van der Waals surface area contributed by atoms with Crippen LogP contribution in [-0.4, -0.2) is 39.8 Å². The number of benzene rings is 1. The molecule has 8 heteroatoms. The summed E-state index contributed by atoms with van der Waals surface area (Å²) in [6.07, 6.45) is 8.93. The summed E-state index contributed by atoms with van der Waals surface area (Å²) < 4.78 is 5.44. The SMILES string of the molecule is Cn1cnc(SNC2CCN(c3ccccc3/C=C/C(=O)NO)CC2)c1. The van der Waals surface area contributed by atoms with Gasteiger partial charge in [0, 0.05) is 44.1 Å². The van der Waals surface area contributed by atoms with Crippen molar-refractivity contribution in [2.75, 3.05) is 18.0 Å². The van der Waals surface area contributed by atoms with E-state index in [9.17, 15) is 4.79 Å². The number of rotatable bonds is 6. The van der Waals surface area contributed by atoms with Crippen molar-refractivity contribution in [2.45, 2.75) is 23.9 Å². The van der Waals surface area contributed by atoms with E-state index in [0.717, 1.165) is 42.2 Å². The van der Waals surface area contributed by atoms with Crippen molar-refractivity contribution in [3.05, 3.63) is 48.4 Å². The van der Waals surface area contributed by atoms with Crippen LogP contribution in [0.4, 0.5) is 5.69 Å². The highest BCUT2D eigenvalue weighted by molar-refractivity contribution is 7.97. The van der Waals surface area contributed by atoms with Gasteiger partial charge in [-0.3, -0.25) is 14.7 Å². The van der Waals surface area contributed by atoms with E-state index >= 15 is 0 Å². The van der Waals surface area contributed by atoms with Crippen LogP contribution in [0.1, 0.15) is 18.4 Å². The highest BCUT2D eigenvalue weighted by Crippen LogP contribution is 2.26. The number of imidazole rings is 1. The van der Waals surface area contributed by atoms with Gasteiger partial charge in [-0.1, -0.05) is 18.2 Å². The topological polar surface area (TPSA) is 82.4 Å². The fourth-order valence-electron chi connectivity index (χ4n) is 2.94. The third-order valence-corrected chi connectivity index (χ3v) is 5.18. The van der Waals surface area contributed by atoms with Gasteiger partial charge in [0.05, 0.1) is 6.33 Å². The molecule has 0 bridgehead atoms. The predicted octanol–water partition coefficient (Wildman–Crippen LogP) is 2.20. The molecule has 0 aliphatic carbocycles. The number of para-hydroxylation sites is 1. The summed E-state index contributed by atoms with van der Waals surface area (Å²) in [5.74, 6) is -0.533. The molecule has 3 rings (SSSR count). The molecule has 2 heterocycles. The summed E-state index contributed by atoms with van der Waals surface area (Å²) in [7, 11) is 1.96. The lowest BCUT2D eigenvalue weighted by Gasteiger charge is -2.34. The Bertz CT molecular complexity index is 768. The van der Waals surface area contributed by atoms with Crippen molar-refractivity contribution in [1.29, 1.82) is 0 Å². The van der Waals surface area contributed by atoms with Gasteiger partial charge in [0.25, 0.3) is 5.91 Å². The first-order chi connectivity index (χ1) is 12.7. The van der Waals surface area contributed by atoms with Crippen molar-refractivity contribution in [3.8, 4) is 0 Å². The molecule has 0 saturated carbocycles. The molecule has 1 aromatic carbocycles. The summed E-state index contributed by atoms with van der Waals surface area (Å²) >= 11 is 1.58. The molecule has 1 saturated heterocycles. The minimum absolute atomic E-state index is 0.445. The molecule has 1 fully saturated rings. The first-order valence-electron chi connectivity index (χ1n) is 8.52. The summed E-state index contributed by atoms with van der Waals surface area (Å²) in [5, 5.41) is 9.60. The lowest BCUT2D eigenvalue weighted by Crippen LogP contribution is -2.40. The molecule has 0 atom stereocenters. The van der Waals surface area contributed by atoms with E-state index in [2.05, 4.69) is 20.7 Å². The summed E-state index contributed by atoms with van der Waals surface area (Å²) in [6.45, 7) is 1.88. The van der Waals surface area contributed by atoms with Crippen molar-refractivity contribution in [3.63, 3.8) is 0 Å². The normalized spacial score (nSPS) is 15.5. The molecule has 1 aliphatic heterocycles. The molecule has 138 valence electrons. The smallest absolute Gasteiger partial charge is 0.267 e. The van der Waals surface area contributed by atoms with Crippen molar-refractivity contribution in [1.82, 2.24) is 19.8 Å². The van der Waals surface area contributed by atoms with Crippen molar-refractivity contribution < 1.29 is 10.0 Å². The quantitative estimate of drug-likeness (QED) is 0.312. The summed E-state index contributed by atoms with van der Waals surface area (Å²) in [4.78, 5) is 17.9. The fourth-order valence-corrected chi connectivity index (χ4v) is 3.78. The number of nitrogens with zero attached hydrogens (tertiary/aromatic N) is 3. The number of hydrogen-bond acceptors (Lipinski definition) is 6. The molecule has 1 amide bonds. The van der Waals surface area contributed by atoms with Crippen LogP contribution >= 0.6 is 11.9 Å². The zero-order chi connectivity index (χ0) is 18.4.